The number of H-pyrrole nitrogens is 1. The van der Waals surface area contributed by atoms with E-state index in [4.69, 9.17) is 4.74 Å². The normalized spacial score (nSPS) is 10.5. The lowest BCUT2D eigenvalue weighted by Crippen LogP contribution is -2.07. The lowest BCUT2D eigenvalue weighted by molar-refractivity contribution is 0.0519. The maximum absolute atomic E-state index is 11.5. The lowest BCUT2D eigenvalue weighted by Gasteiger charge is -2.02. The highest BCUT2D eigenvalue weighted by atomic mass is 16.5. The SMILES string of the molecule is CCOC(=O)c1cc2cc[nH]c2c(C)n1. The molecular weight excluding hydrogens is 192 g/mol. The van der Waals surface area contributed by atoms with Crippen molar-refractivity contribution in [3.63, 3.8) is 0 Å². The molecule has 78 valence electrons. The predicted molar refractivity (Wildman–Crippen MR) is 56.8 cm³/mol. The molecule has 15 heavy (non-hydrogen) atoms. The van der Waals surface area contributed by atoms with Crippen molar-refractivity contribution in [2.75, 3.05) is 6.61 Å². The van der Waals surface area contributed by atoms with Crippen molar-refractivity contribution in [3.8, 4) is 0 Å². The van der Waals surface area contributed by atoms with E-state index >= 15 is 0 Å². The molecule has 0 aliphatic heterocycles. The largest absolute Gasteiger partial charge is 0.461 e. The van der Waals surface area contributed by atoms with Gasteiger partial charge in [0.1, 0.15) is 5.69 Å². The van der Waals surface area contributed by atoms with E-state index in [0.717, 1.165) is 16.6 Å². The third-order valence-electron chi connectivity index (χ3n) is 2.21. The monoisotopic (exact) mass is 204 g/mol. The number of nitrogens with zero attached hydrogens (tertiary/aromatic N) is 1. The minimum Gasteiger partial charge on any atom is -0.461 e. The summed E-state index contributed by atoms with van der Waals surface area (Å²) in [7, 11) is 0. The summed E-state index contributed by atoms with van der Waals surface area (Å²) in [6.07, 6.45) is 1.83. The van der Waals surface area contributed by atoms with Crippen molar-refractivity contribution in [1.82, 2.24) is 9.97 Å². The van der Waals surface area contributed by atoms with Crippen molar-refractivity contribution >= 4 is 16.9 Å². The molecule has 0 saturated carbocycles. The topological polar surface area (TPSA) is 55.0 Å². The quantitative estimate of drug-likeness (QED) is 0.761. The Balaban J connectivity index is 2.49. The van der Waals surface area contributed by atoms with Crippen LogP contribution in [0.5, 0.6) is 0 Å². The minimum absolute atomic E-state index is 0.362. The Labute approximate surface area is 87.3 Å². The number of hydrogen-bond donors (Lipinski definition) is 1. The zero-order valence-electron chi connectivity index (χ0n) is 8.70. The molecule has 0 aliphatic rings. The van der Waals surface area contributed by atoms with Crippen LogP contribution in [0.1, 0.15) is 23.1 Å². The molecular formula is C11H12N2O2. The van der Waals surface area contributed by atoms with Gasteiger partial charge in [-0.1, -0.05) is 0 Å². The number of nitrogens with one attached hydrogen (secondary N) is 1. The van der Waals surface area contributed by atoms with Gasteiger partial charge in [-0.15, -0.1) is 0 Å². The molecule has 2 heterocycles. The lowest BCUT2D eigenvalue weighted by atomic mass is 10.2. The standard InChI is InChI=1S/C11H12N2O2/c1-3-15-11(14)9-6-8-4-5-12-10(8)7(2)13-9/h4-6,12H,3H2,1-2H3. The van der Waals surface area contributed by atoms with Gasteiger partial charge < -0.3 is 9.72 Å². The van der Waals surface area contributed by atoms with E-state index in [1.807, 2.05) is 19.2 Å². The second-order valence-electron chi connectivity index (χ2n) is 3.26. The van der Waals surface area contributed by atoms with Crippen LogP contribution in [0, 0.1) is 6.92 Å². The number of carbonyl (C=O) groups is 1. The van der Waals surface area contributed by atoms with E-state index in [1.165, 1.54) is 0 Å². The number of aryl methyl sites for hydroxylation is 1. The predicted octanol–water partition coefficient (Wildman–Crippen LogP) is 2.05. The fourth-order valence-corrected chi connectivity index (χ4v) is 1.54. The fraction of sp³-hybridized carbons (Fsp3) is 0.273. The summed E-state index contributed by atoms with van der Waals surface area (Å²) in [4.78, 5) is 18.7. The van der Waals surface area contributed by atoms with Crippen molar-refractivity contribution in [2.45, 2.75) is 13.8 Å². The summed E-state index contributed by atoms with van der Waals surface area (Å²) in [5.41, 5.74) is 2.13. The maximum Gasteiger partial charge on any atom is 0.356 e. The van der Waals surface area contributed by atoms with Gasteiger partial charge in [0.15, 0.2) is 0 Å². The number of rotatable bonds is 2. The molecule has 0 amide bonds. The van der Waals surface area contributed by atoms with E-state index < -0.39 is 0 Å². The summed E-state index contributed by atoms with van der Waals surface area (Å²) in [5.74, 6) is -0.372. The first-order chi connectivity index (χ1) is 7.22. The molecule has 0 fully saturated rings. The van der Waals surface area contributed by atoms with Gasteiger partial charge in [0, 0.05) is 11.6 Å². The molecule has 0 saturated heterocycles. The van der Waals surface area contributed by atoms with Crippen LogP contribution in [0.3, 0.4) is 0 Å². The molecule has 4 nitrogen and oxygen atoms in total. The molecule has 4 heteroatoms. The van der Waals surface area contributed by atoms with Gasteiger partial charge in [0.2, 0.25) is 0 Å². The van der Waals surface area contributed by atoms with E-state index in [1.54, 1.807) is 13.0 Å². The van der Waals surface area contributed by atoms with Gasteiger partial charge in [0.05, 0.1) is 17.8 Å². The zero-order valence-corrected chi connectivity index (χ0v) is 8.70. The van der Waals surface area contributed by atoms with Crippen LogP contribution in [0.4, 0.5) is 0 Å². The summed E-state index contributed by atoms with van der Waals surface area (Å²) < 4.78 is 4.90. The molecule has 1 N–H and O–H groups in total. The number of hydrogen-bond acceptors (Lipinski definition) is 3. The van der Waals surface area contributed by atoms with E-state index in [0.29, 0.717) is 12.3 Å². The number of fused-ring (bicyclic) bond motifs is 1. The number of aromatic nitrogens is 2. The molecule has 0 aromatic carbocycles. The van der Waals surface area contributed by atoms with Crippen LogP contribution >= 0.6 is 0 Å². The average molecular weight is 204 g/mol. The van der Waals surface area contributed by atoms with Gasteiger partial charge in [-0.05, 0) is 26.0 Å². The smallest absolute Gasteiger partial charge is 0.356 e. The Kier molecular flexibility index (Phi) is 2.41. The van der Waals surface area contributed by atoms with Crippen LogP contribution in [-0.4, -0.2) is 22.5 Å². The second kappa shape index (κ2) is 3.73. The average Bonchev–Trinajstić information content (AvgIpc) is 2.66. The Morgan fingerprint density at radius 1 is 1.60 bits per heavy atom. The molecule has 2 aromatic rings. The number of pyridine rings is 1. The first kappa shape index (κ1) is 9.71. The summed E-state index contributed by atoms with van der Waals surface area (Å²) in [5, 5.41) is 0.977. The molecule has 0 aliphatic carbocycles. The molecule has 0 atom stereocenters. The van der Waals surface area contributed by atoms with Crippen LogP contribution in [0.2, 0.25) is 0 Å². The number of esters is 1. The van der Waals surface area contributed by atoms with E-state index in [2.05, 4.69) is 9.97 Å². The molecule has 0 radical (unpaired) electrons. The van der Waals surface area contributed by atoms with Crippen molar-refractivity contribution in [2.24, 2.45) is 0 Å². The summed E-state index contributed by atoms with van der Waals surface area (Å²) >= 11 is 0. The van der Waals surface area contributed by atoms with Crippen molar-refractivity contribution in [3.05, 3.63) is 29.7 Å². The van der Waals surface area contributed by atoms with Crippen molar-refractivity contribution < 1.29 is 9.53 Å². The minimum atomic E-state index is -0.372. The van der Waals surface area contributed by atoms with Crippen LogP contribution in [0.15, 0.2) is 18.3 Å². The zero-order chi connectivity index (χ0) is 10.8. The molecule has 0 unspecified atom stereocenters. The highest BCUT2D eigenvalue weighted by Gasteiger charge is 2.11. The highest BCUT2D eigenvalue weighted by Crippen LogP contribution is 2.16. The number of ether oxygens (including phenoxy) is 1. The molecule has 0 bridgehead atoms. The van der Waals surface area contributed by atoms with E-state index in [9.17, 15) is 4.79 Å². The summed E-state index contributed by atoms with van der Waals surface area (Å²) in [6.45, 7) is 4.01. The van der Waals surface area contributed by atoms with E-state index in [-0.39, 0.29) is 5.97 Å². The Hall–Kier alpha value is -1.84. The van der Waals surface area contributed by atoms with Gasteiger partial charge in [-0.25, -0.2) is 9.78 Å². The maximum atomic E-state index is 11.5. The van der Waals surface area contributed by atoms with Gasteiger partial charge in [0.25, 0.3) is 0 Å². The van der Waals surface area contributed by atoms with Gasteiger partial charge >= 0.3 is 5.97 Å². The van der Waals surface area contributed by atoms with Gasteiger partial charge in [-0.2, -0.15) is 0 Å². The number of carbonyl (C=O) groups excluding carboxylic acids is 1. The molecule has 2 rings (SSSR count). The summed E-state index contributed by atoms with van der Waals surface area (Å²) in [6, 6.07) is 3.64. The Morgan fingerprint density at radius 2 is 2.40 bits per heavy atom. The molecule has 0 spiro atoms. The second-order valence-corrected chi connectivity index (χ2v) is 3.26. The highest BCUT2D eigenvalue weighted by molar-refractivity contribution is 5.93. The fourth-order valence-electron chi connectivity index (χ4n) is 1.54. The van der Waals surface area contributed by atoms with Crippen molar-refractivity contribution in [1.29, 1.82) is 0 Å². The Bertz CT molecular complexity index is 502. The van der Waals surface area contributed by atoms with Crippen LogP contribution in [-0.2, 0) is 4.74 Å². The third-order valence-corrected chi connectivity index (χ3v) is 2.21. The first-order valence-corrected chi connectivity index (χ1v) is 4.84. The Morgan fingerprint density at radius 3 is 3.13 bits per heavy atom. The molecule has 2 aromatic heterocycles. The third kappa shape index (κ3) is 1.70. The first-order valence-electron chi connectivity index (χ1n) is 4.84. The van der Waals surface area contributed by atoms with Crippen LogP contribution < -0.4 is 0 Å². The van der Waals surface area contributed by atoms with Crippen LogP contribution in [0.25, 0.3) is 10.9 Å². The number of aromatic amines is 1. The van der Waals surface area contributed by atoms with Gasteiger partial charge in [-0.3, -0.25) is 0 Å².